The second-order valence-corrected chi connectivity index (χ2v) is 8.08. The second kappa shape index (κ2) is 7.53. The molecule has 0 aromatic carbocycles. The molecule has 0 spiro atoms. The van der Waals surface area contributed by atoms with Crippen LogP contribution in [-0.4, -0.2) is 48.8 Å². The lowest BCUT2D eigenvalue weighted by Gasteiger charge is -2.22. The first-order valence-corrected chi connectivity index (χ1v) is 10.4. The summed E-state index contributed by atoms with van der Waals surface area (Å²) in [5.41, 5.74) is 6.06. The molecule has 0 radical (unpaired) electrons. The number of fused-ring (bicyclic) bond motifs is 1. The van der Waals surface area contributed by atoms with E-state index < -0.39 is 0 Å². The Labute approximate surface area is 174 Å². The van der Waals surface area contributed by atoms with Gasteiger partial charge in [-0.05, 0) is 57.5 Å². The number of carbonyl (C=O) groups is 1. The van der Waals surface area contributed by atoms with Crippen LogP contribution in [0.2, 0.25) is 0 Å². The lowest BCUT2D eigenvalue weighted by Crippen LogP contribution is -2.29. The molecular weight excluding hydrogens is 378 g/mol. The molecule has 0 unspecified atom stereocenters. The van der Waals surface area contributed by atoms with E-state index in [2.05, 4.69) is 47.5 Å². The molecule has 1 aliphatic rings. The zero-order valence-electron chi connectivity index (χ0n) is 17.2. The molecule has 1 saturated heterocycles. The van der Waals surface area contributed by atoms with Gasteiger partial charge in [0.05, 0.1) is 17.9 Å². The van der Waals surface area contributed by atoms with Gasteiger partial charge in [0.15, 0.2) is 5.78 Å². The molecule has 5 rings (SSSR count). The summed E-state index contributed by atoms with van der Waals surface area (Å²) in [6.07, 6.45) is 8.24. The fraction of sp³-hybridized carbons (Fsp3) is 0.364. The molecule has 0 bridgehead atoms. The summed E-state index contributed by atoms with van der Waals surface area (Å²) in [7, 11) is 0. The topological polar surface area (TPSA) is 104 Å². The molecule has 0 amide bonds. The number of aromatic nitrogens is 6. The first kappa shape index (κ1) is 18.7. The van der Waals surface area contributed by atoms with Crippen molar-refractivity contribution in [3.8, 4) is 11.3 Å². The van der Waals surface area contributed by atoms with E-state index in [1.165, 1.54) is 0 Å². The molecule has 8 heteroatoms. The van der Waals surface area contributed by atoms with Gasteiger partial charge in [-0.2, -0.15) is 10.2 Å². The molecule has 8 nitrogen and oxygen atoms in total. The summed E-state index contributed by atoms with van der Waals surface area (Å²) in [5.74, 6) is -0.00277. The van der Waals surface area contributed by atoms with E-state index in [0.29, 0.717) is 11.7 Å². The third-order valence-corrected chi connectivity index (χ3v) is 6.00. The van der Waals surface area contributed by atoms with Crippen molar-refractivity contribution < 1.29 is 4.79 Å². The van der Waals surface area contributed by atoms with Crippen LogP contribution in [0, 0.1) is 13.8 Å². The SMILES string of the molecule is Cc1[nH]nc(C(=O)Cc2cnc3[nH]c(-c4cnn(C5CCNCC5)c4)cc3c2)c1C. The van der Waals surface area contributed by atoms with Gasteiger partial charge in [-0.3, -0.25) is 14.6 Å². The first-order valence-electron chi connectivity index (χ1n) is 10.4. The Morgan fingerprint density at radius 3 is 2.80 bits per heavy atom. The minimum absolute atomic E-state index is 0.00277. The largest absolute Gasteiger partial charge is 0.339 e. The number of hydrogen-bond acceptors (Lipinski definition) is 5. The van der Waals surface area contributed by atoms with Crippen LogP contribution in [0.4, 0.5) is 0 Å². The fourth-order valence-electron chi connectivity index (χ4n) is 4.09. The number of H-pyrrole nitrogens is 2. The molecule has 3 N–H and O–H groups in total. The quantitative estimate of drug-likeness (QED) is 0.444. The van der Waals surface area contributed by atoms with Crippen LogP contribution in [-0.2, 0) is 6.42 Å². The normalized spacial score (nSPS) is 15.1. The van der Waals surface area contributed by atoms with Gasteiger partial charge in [0.1, 0.15) is 11.3 Å². The molecule has 1 aliphatic heterocycles. The van der Waals surface area contributed by atoms with Gasteiger partial charge in [-0.15, -0.1) is 0 Å². The molecule has 0 saturated carbocycles. The lowest BCUT2D eigenvalue weighted by molar-refractivity contribution is 0.0987. The Hall–Kier alpha value is -3.26. The lowest BCUT2D eigenvalue weighted by atomic mass is 10.0. The number of piperidine rings is 1. The maximum atomic E-state index is 12.6. The van der Waals surface area contributed by atoms with Crippen LogP contribution in [0.3, 0.4) is 0 Å². The van der Waals surface area contributed by atoms with E-state index in [1.54, 1.807) is 6.20 Å². The minimum Gasteiger partial charge on any atom is -0.339 e. The summed E-state index contributed by atoms with van der Waals surface area (Å²) >= 11 is 0. The maximum Gasteiger partial charge on any atom is 0.187 e. The van der Waals surface area contributed by atoms with Crippen LogP contribution < -0.4 is 5.32 Å². The third-order valence-electron chi connectivity index (χ3n) is 6.00. The van der Waals surface area contributed by atoms with Crippen LogP contribution >= 0.6 is 0 Å². The van der Waals surface area contributed by atoms with Gasteiger partial charge in [0.25, 0.3) is 0 Å². The van der Waals surface area contributed by atoms with Crippen molar-refractivity contribution in [1.82, 2.24) is 35.3 Å². The highest BCUT2D eigenvalue weighted by atomic mass is 16.1. The predicted octanol–water partition coefficient (Wildman–Crippen LogP) is 3.12. The highest BCUT2D eigenvalue weighted by Crippen LogP contribution is 2.26. The van der Waals surface area contributed by atoms with Gasteiger partial charge in [-0.1, -0.05) is 0 Å². The number of aromatic amines is 2. The fourth-order valence-corrected chi connectivity index (χ4v) is 4.09. The summed E-state index contributed by atoms with van der Waals surface area (Å²) in [4.78, 5) is 20.5. The van der Waals surface area contributed by atoms with Crippen molar-refractivity contribution in [2.24, 2.45) is 0 Å². The van der Waals surface area contributed by atoms with Gasteiger partial charge >= 0.3 is 0 Å². The number of carbonyl (C=O) groups excluding carboxylic acids is 1. The highest BCUT2D eigenvalue weighted by molar-refractivity contribution is 5.97. The average Bonchev–Trinajstić information content (AvgIpc) is 3.47. The van der Waals surface area contributed by atoms with E-state index in [1.807, 2.05) is 26.1 Å². The molecule has 30 heavy (non-hydrogen) atoms. The van der Waals surface area contributed by atoms with Crippen molar-refractivity contribution in [3.05, 3.63) is 53.2 Å². The van der Waals surface area contributed by atoms with E-state index in [9.17, 15) is 4.79 Å². The van der Waals surface area contributed by atoms with E-state index in [4.69, 9.17) is 0 Å². The molecule has 4 aromatic heterocycles. The standard InChI is InChI=1S/C22H25N7O/c1-13-14(2)27-28-21(13)20(30)8-15-7-16-9-19(26-22(16)24-10-15)17-11-25-29(12-17)18-3-5-23-6-4-18/h7,9-12,18,23H,3-6,8H2,1-2H3,(H,24,26)(H,27,28). The van der Waals surface area contributed by atoms with Crippen molar-refractivity contribution in [1.29, 1.82) is 0 Å². The van der Waals surface area contributed by atoms with Crippen molar-refractivity contribution >= 4 is 16.8 Å². The van der Waals surface area contributed by atoms with Crippen LogP contribution in [0.15, 0.2) is 30.7 Å². The van der Waals surface area contributed by atoms with Crippen LogP contribution in [0.25, 0.3) is 22.3 Å². The molecular formula is C22H25N7O. The molecule has 154 valence electrons. The smallest absolute Gasteiger partial charge is 0.187 e. The number of aryl methyl sites for hydroxylation is 1. The van der Waals surface area contributed by atoms with E-state index in [-0.39, 0.29) is 12.2 Å². The zero-order valence-corrected chi connectivity index (χ0v) is 17.2. The van der Waals surface area contributed by atoms with Gasteiger partial charge in [0.2, 0.25) is 0 Å². The van der Waals surface area contributed by atoms with E-state index >= 15 is 0 Å². The maximum absolute atomic E-state index is 12.6. The molecule has 1 fully saturated rings. The average molecular weight is 403 g/mol. The van der Waals surface area contributed by atoms with Crippen LogP contribution in [0.1, 0.15) is 46.2 Å². The van der Waals surface area contributed by atoms with Gasteiger partial charge in [-0.25, -0.2) is 4.98 Å². The molecule has 0 atom stereocenters. The van der Waals surface area contributed by atoms with Gasteiger partial charge < -0.3 is 10.3 Å². The van der Waals surface area contributed by atoms with Crippen molar-refractivity contribution in [2.45, 2.75) is 39.2 Å². The summed E-state index contributed by atoms with van der Waals surface area (Å²) in [5, 5.41) is 16.0. The number of nitrogens with one attached hydrogen (secondary N) is 3. The highest BCUT2D eigenvalue weighted by Gasteiger charge is 2.18. The summed E-state index contributed by atoms with van der Waals surface area (Å²) < 4.78 is 2.08. The molecule has 0 aliphatic carbocycles. The first-order chi connectivity index (χ1) is 14.6. The molecule has 4 aromatic rings. The summed E-state index contributed by atoms with van der Waals surface area (Å²) in [6, 6.07) is 4.55. The predicted molar refractivity (Wildman–Crippen MR) is 115 cm³/mol. The van der Waals surface area contributed by atoms with Crippen molar-refractivity contribution in [3.63, 3.8) is 0 Å². The van der Waals surface area contributed by atoms with Crippen LogP contribution in [0.5, 0.6) is 0 Å². The molecule has 5 heterocycles. The number of nitrogens with zero attached hydrogens (tertiary/aromatic N) is 4. The number of hydrogen-bond donors (Lipinski definition) is 3. The number of ketones is 1. The third kappa shape index (κ3) is 3.43. The number of Topliss-reactive ketones (excluding diaryl/α,β-unsaturated/α-hetero) is 1. The Morgan fingerprint density at radius 2 is 2.03 bits per heavy atom. The van der Waals surface area contributed by atoms with Gasteiger partial charge in [0, 0.05) is 41.0 Å². The number of rotatable bonds is 5. The van der Waals surface area contributed by atoms with E-state index in [0.717, 1.165) is 65.0 Å². The van der Waals surface area contributed by atoms with Crippen molar-refractivity contribution in [2.75, 3.05) is 13.1 Å². The number of pyridine rings is 1. The minimum atomic E-state index is -0.00277. The Morgan fingerprint density at radius 1 is 1.20 bits per heavy atom. The Balaban J connectivity index is 1.37. The monoisotopic (exact) mass is 403 g/mol. The second-order valence-electron chi connectivity index (χ2n) is 8.08. The Bertz CT molecular complexity index is 1210. The zero-order chi connectivity index (χ0) is 20.7. The summed E-state index contributed by atoms with van der Waals surface area (Å²) in [6.45, 7) is 5.90. The Kier molecular flexibility index (Phi) is 4.71.